The van der Waals surface area contributed by atoms with E-state index in [0.717, 1.165) is 10.2 Å². The van der Waals surface area contributed by atoms with Crippen LogP contribution in [0.4, 0.5) is 5.69 Å². The zero-order valence-electron chi connectivity index (χ0n) is 10.4. The highest BCUT2D eigenvalue weighted by atomic mass is 79.9. The Morgan fingerprint density at radius 3 is 2.59 bits per heavy atom. The number of nitrogens with one attached hydrogen (secondary N) is 1. The standard InChI is InChI=1S/C13H18BrNO2/c1-9-11(14)5-4-6-12(9)15-10-7-16-13(2,3)17-8-10/h4-6,10,15H,7-8H2,1-3H3. The maximum atomic E-state index is 5.62. The van der Waals surface area contributed by atoms with Crippen LogP contribution in [-0.4, -0.2) is 25.0 Å². The summed E-state index contributed by atoms with van der Waals surface area (Å²) in [5.41, 5.74) is 2.33. The quantitative estimate of drug-likeness (QED) is 0.909. The summed E-state index contributed by atoms with van der Waals surface area (Å²) < 4.78 is 12.4. The lowest BCUT2D eigenvalue weighted by atomic mass is 10.1. The predicted octanol–water partition coefficient (Wildman–Crippen LogP) is 3.32. The van der Waals surface area contributed by atoms with E-state index >= 15 is 0 Å². The smallest absolute Gasteiger partial charge is 0.162 e. The monoisotopic (exact) mass is 299 g/mol. The molecule has 1 aromatic rings. The fourth-order valence-corrected chi connectivity index (χ4v) is 2.13. The average molecular weight is 300 g/mol. The molecule has 0 aromatic heterocycles. The number of anilines is 1. The maximum absolute atomic E-state index is 5.62. The highest BCUT2D eigenvalue weighted by Gasteiger charge is 2.28. The minimum Gasteiger partial charge on any atom is -0.377 e. The van der Waals surface area contributed by atoms with E-state index in [-0.39, 0.29) is 6.04 Å². The molecule has 1 aromatic carbocycles. The normalized spacial score (nSPS) is 20.2. The van der Waals surface area contributed by atoms with Gasteiger partial charge in [0.2, 0.25) is 0 Å². The van der Waals surface area contributed by atoms with Gasteiger partial charge in [-0.15, -0.1) is 0 Å². The summed E-state index contributed by atoms with van der Waals surface area (Å²) in [6.45, 7) is 7.29. The molecule has 1 aliphatic heterocycles. The molecule has 0 saturated carbocycles. The third-order valence-electron chi connectivity index (χ3n) is 2.89. The Labute approximate surface area is 111 Å². The minimum atomic E-state index is -0.454. The zero-order valence-corrected chi connectivity index (χ0v) is 12.0. The van der Waals surface area contributed by atoms with Crippen molar-refractivity contribution in [2.45, 2.75) is 32.6 Å². The molecular formula is C13H18BrNO2. The Morgan fingerprint density at radius 1 is 1.29 bits per heavy atom. The summed E-state index contributed by atoms with van der Waals surface area (Å²) >= 11 is 3.53. The van der Waals surface area contributed by atoms with Crippen molar-refractivity contribution in [3.63, 3.8) is 0 Å². The molecule has 1 saturated heterocycles. The number of benzene rings is 1. The van der Waals surface area contributed by atoms with Gasteiger partial charge in [0.05, 0.1) is 19.3 Å². The molecule has 0 unspecified atom stereocenters. The highest BCUT2D eigenvalue weighted by molar-refractivity contribution is 9.10. The molecule has 1 heterocycles. The van der Waals surface area contributed by atoms with E-state index in [0.29, 0.717) is 13.2 Å². The number of halogens is 1. The third-order valence-corrected chi connectivity index (χ3v) is 3.75. The fourth-order valence-electron chi connectivity index (χ4n) is 1.76. The van der Waals surface area contributed by atoms with Crippen LogP contribution in [0, 0.1) is 6.92 Å². The second kappa shape index (κ2) is 4.96. The van der Waals surface area contributed by atoms with Gasteiger partial charge in [0.15, 0.2) is 5.79 Å². The van der Waals surface area contributed by atoms with Gasteiger partial charge in [-0.1, -0.05) is 22.0 Å². The van der Waals surface area contributed by atoms with E-state index < -0.39 is 5.79 Å². The van der Waals surface area contributed by atoms with Crippen LogP contribution in [0.2, 0.25) is 0 Å². The fraction of sp³-hybridized carbons (Fsp3) is 0.538. The van der Waals surface area contributed by atoms with Crippen LogP contribution in [-0.2, 0) is 9.47 Å². The van der Waals surface area contributed by atoms with Crippen molar-refractivity contribution in [2.24, 2.45) is 0 Å². The summed E-state index contributed by atoms with van der Waals surface area (Å²) in [5, 5.41) is 3.45. The maximum Gasteiger partial charge on any atom is 0.162 e. The van der Waals surface area contributed by atoms with Crippen LogP contribution < -0.4 is 5.32 Å². The first-order chi connectivity index (χ1) is 7.98. The first-order valence-corrected chi connectivity index (χ1v) is 6.57. The molecule has 0 aliphatic carbocycles. The molecular weight excluding hydrogens is 282 g/mol. The van der Waals surface area contributed by atoms with Crippen LogP contribution in [0.5, 0.6) is 0 Å². The van der Waals surface area contributed by atoms with Crippen LogP contribution in [0.15, 0.2) is 22.7 Å². The van der Waals surface area contributed by atoms with Gasteiger partial charge >= 0.3 is 0 Å². The first kappa shape index (κ1) is 12.9. The average Bonchev–Trinajstić information content (AvgIpc) is 2.27. The molecule has 0 atom stereocenters. The molecule has 1 aliphatic rings. The van der Waals surface area contributed by atoms with E-state index in [1.165, 1.54) is 5.56 Å². The Kier molecular flexibility index (Phi) is 3.76. The molecule has 17 heavy (non-hydrogen) atoms. The predicted molar refractivity (Wildman–Crippen MR) is 72.3 cm³/mol. The second-order valence-electron chi connectivity index (χ2n) is 4.78. The molecule has 94 valence electrons. The van der Waals surface area contributed by atoms with E-state index in [1.807, 2.05) is 26.0 Å². The molecule has 0 bridgehead atoms. The molecule has 2 rings (SSSR count). The Morgan fingerprint density at radius 2 is 1.94 bits per heavy atom. The second-order valence-corrected chi connectivity index (χ2v) is 5.63. The van der Waals surface area contributed by atoms with Crippen LogP contribution >= 0.6 is 15.9 Å². The molecule has 1 fully saturated rings. The number of hydrogen-bond acceptors (Lipinski definition) is 3. The lowest BCUT2D eigenvalue weighted by molar-refractivity contribution is -0.247. The topological polar surface area (TPSA) is 30.5 Å². The van der Waals surface area contributed by atoms with Gasteiger partial charge in [-0.05, 0) is 38.5 Å². The van der Waals surface area contributed by atoms with Crippen molar-refractivity contribution in [1.82, 2.24) is 0 Å². The van der Waals surface area contributed by atoms with Gasteiger partial charge in [-0.2, -0.15) is 0 Å². The Hall–Kier alpha value is -0.580. The molecule has 0 spiro atoms. The highest BCUT2D eigenvalue weighted by Crippen LogP contribution is 2.25. The van der Waals surface area contributed by atoms with E-state index in [2.05, 4.69) is 34.2 Å². The first-order valence-electron chi connectivity index (χ1n) is 5.77. The summed E-state index contributed by atoms with van der Waals surface area (Å²) in [7, 11) is 0. The number of ether oxygens (including phenoxy) is 2. The number of hydrogen-bond donors (Lipinski definition) is 1. The van der Waals surface area contributed by atoms with Crippen molar-refractivity contribution < 1.29 is 9.47 Å². The lowest BCUT2D eigenvalue weighted by Gasteiger charge is -2.35. The van der Waals surface area contributed by atoms with E-state index in [1.54, 1.807) is 0 Å². The molecule has 3 nitrogen and oxygen atoms in total. The van der Waals surface area contributed by atoms with Gasteiger partial charge in [-0.3, -0.25) is 0 Å². The van der Waals surface area contributed by atoms with Crippen LogP contribution in [0.1, 0.15) is 19.4 Å². The summed E-state index contributed by atoms with van der Waals surface area (Å²) in [6.07, 6.45) is 0. The van der Waals surface area contributed by atoms with Gasteiger partial charge in [0, 0.05) is 10.2 Å². The van der Waals surface area contributed by atoms with Gasteiger partial charge in [0.25, 0.3) is 0 Å². The molecule has 1 N–H and O–H groups in total. The lowest BCUT2D eigenvalue weighted by Crippen LogP contribution is -2.45. The molecule has 0 radical (unpaired) electrons. The van der Waals surface area contributed by atoms with Gasteiger partial charge < -0.3 is 14.8 Å². The summed E-state index contributed by atoms with van der Waals surface area (Å²) in [4.78, 5) is 0. The summed E-state index contributed by atoms with van der Waals surface area (Å²) in [6, 6.07) is 6.33. The zero-order chi connectivity index (χ0) is 12.5. The van der Waals surface area contributed by atoms with Crippen molar-refractivity contribution in [2.75, 3.05) is 18.5 Å². The van der Waals surface area contributed by atoms with Gasteiger partial charge in [-0.25, -0.2) is 0 Å². The van der Waals surface area contributed by atoms with Crippen LogP contribution in [0.25, 0.3) is 0 Å². The van der Waals surface area contributed by atoms with Crippen molar-refractivity contribution in [3.05, 3.63) is 28.2 Å². The Bertz CT molecular complexity index is 396. The van der Waals surface area contributed by atoms with Crippen LogP contribution in [0.3, 0.4) is 0 Å². The van der Waals surface area contributed by atoms with Crippen molar-refractivity contribution >= 4 is 21.6 Å². The van der Waals surface area contributed by atoms with Crippen molar-refractivity contribution in [3.8, 4) is 0 Å². The Balaban J connectivity index is 2.00. The van der Waals surface area contributed by atoms with Gasteiger partial charge in [0.1, 0.15) is 0 Å². The SMILES string of the molecule is Cc1c(Br)cccc1NC1COC(C)(C)OC1. The molecule has 4 heteroatoms. The third kappa shape index (κ3) is 3.21. The number of rotatable bonds is 2. The minimum absolute atomic E-state index is 0.205. The van der Waals surface area contributed by atoms with Crippen molar-refractivity contribution in [1.29, 1.82) is 0 Å². The molecule has 0 amide bonds. The largest absolute Gasteiger partial charge is 0.377 e. The summed E-state index contributed by atoms with van der Waals surface area (Å²) in [5.74, 6) is -0.454. The van der Waals surface area contributed by atoms with E-state index in [9.17, 15) is 0 Å². The van der Waals surface area contributed by atoms with E-state index in [4.69, 9.17) is 9.47 Å².